The molecule has 3 nitrogen and oxygen atoms in total. The fourth-order valence-electron chi connectivity index (χ4n) is 2.69. The highest BCUT2D eigenvalue weighted by Crippen LogP contribution is 2.36. The molecule has 1 aliphatic rings. The molecule has 1 aromatic carbocycles. The molecule has 1 atom stereocenters. The van der Waals surface area contributed by atoms with Crippen LogP contribution < -0.4 is 0 Å². The molecule has 0 aliphatic heterocycles. The highest BCUT2D eigenvalue weighted by atomic mass is 32.2. The van der Waals surface area contributed by atoms with Gasteiger partial charge in [0, 0.05) is 0 Å². The van der Waals surface area contributed by atoms with Crippen LogP contribution in [-0.4, -0.2) is 24.9 Å². The zero-order chi connectivity index (χ0) is 13.2. The lowest BCUT2D eigenvalue weighted by atomic mass is 9.89. The molecular formula is C14H20O3S. The van der Waals surface area contributed by atoms with Crippen LogP contribution in [0.1, 0.15) is 32.6 Å². The van der Waals surface area contributed by atoms with E-state index in [1.807, 2.05) is 6.92 Å². The normalized spacial score (nSPS) is 20.8. The van der Waals surface area contributed by atoms with Gasteiger partial charge in [-0.15, -0.1) is 0 Å². The van der Waals surface area contributed by atoms with Crippen LogP contribution in [0.3, 0.4) is 0 Å². The Balaban J connectivity index is 2.14. The fourth-order valence-corrected chi connectivity index (χ4v) is 4.42. The van der Waals surface area contributed by atoms with Crippen LogP contribution in [0.15, 0.2) is 35.2 Å². The second-order valence-electron chi connectivity index (χ2n) is 5.31. The highest BCUT2D eigenvalue weighted by Gasteiger charge is 2.38. The van der Waals surface area contributed by atoms with Crippen molar-refractivity contribution in [2.75, 3.05) is 5.75 Å². The fraction of sp³-hybridized carbons (Fsp3) is 0.571. The van der Waals surface area contributed by atoms with Crippen LogP contribution in [0.4, 0.5) is 0 Å². The van der Waals surface area contributed by atoms with Gasteiger partial charge in [0.25, 0.3) is 0 Å². The molecule has 4 heteroatoms. The monoisotopic (exact) mass is 268 g/mol. The minimum atomic E-state index is -3.30. The molecule has 0 aromatic heterocycles. The van der Waals surface area contributed by atoms with Crippen LogP contribution in [0.2, 0.25) is 0 Å². The highest BCUT2D eigenvalue weighted by molar-refractivity contribution is 7.91. The van der Waals surface area contributed by atoms with E-state index in [2.05, 4.69) is 0 Å². The third-order valence-electron chi connectivity index (χ3n) is 3.96. The van der Waals surface area contributed by atoms with Gasteiger partial charge in [-0.25, -0.2) is 8.42 Å². The van der Waals surface area contributed by atoms with Gasteiger partial charge in [0.05, 0.1) is 16.2 Å². The zero-order valence-electron chi connectivity index (χ0n) is 10.7. The smallest absolute Gasteiger partial charge is 0.178 e. The Hall–Kier alpha value is -0.870. The topological polar surface area (TPSA) is 54.4 Å². The molecule has 1 aromatic rings. The van der Waals surface area contributed by atoms with Gasteiger partial charge in [-0.05, 0) is 30.9 Å². The lowest BCUT2D eigenvalue weighted by Crippen LogP contribution is -2.37. The van der Waals surface area contributed by atoms with E-state index in [0.717, 1.165) is 25.7 Å². The molecule has 2 rings (SSSR count). The van der Waals surface area contributed by atoms with E-state index >= 15 is 0 Å². The molecule has 0 amide bonds. The zero-order valence-corrected chi connectivity index (χ0v) is 11.5. The summed E-state index contributed by atoms with van der Waals surface area (Å²) in [6.07, 6.45) is 3.43. The molecule has 1 fully saturated rings. The van der Waals surface area contributed by atoms with Gasteiger partial charge in [-0.3, -0.25) is 0 Å². The Morgan fingerprint density at radius 3 is 2.33 bits per heavy atom. The van der Waals surface area contributed by atoms with Crippen LogP contribution >= 0.6 is 0 Å². The van der Waals surface area contributed by atoms with Crippen LogP contribution in [0.25, 0.3) is 0 Å². The maximum absolute atomic E-state index is 12.2. The van der Waals surface area contributed by atoms with Crippen molar-refractivity contribution in [3.05, 3.63) is 30.3 Å². The summed E-state index contributed by atoms with van der Waals surface area (Å²) in [4.78, 5) is 0.346. The van der Waals surface area contributed by atoms with Crippen molar-refractivity contribution >= 4 is 9.84 Å². The Morgan fingerprint density at radius 1 is 1.22 bits per heavy atom. The summed E-state index contributed by atoms with van der Waals surface area (Å²) < 4.78 is 24.5. The summed E-state index contributed by atoms with van der Waals surface area (Å²) in [5.74, 6) is -0.196. The van der Waals surface area contributed by atoms with Crippen LogP contribution in [-0.2, 0) is 9.84 Å². The largest absolute Gasteiger partial charge is 0.390 e. The van der Waals surface area contributed by atoms with Crippen molar-refractivity contribution in [3.63, 3.8) is 0 Å². The average Bonchev–Trinajstić information content (AvgIpc) is 2.78. The maximum atomic E-state index is 12.2. The van der Waals surface area contributed by atoms with E-state index in [0.29, 0.717) is 4.90 Å². The van der Waals surface area contributed by atoms with Gasteiger partial charge in [0.15, 0.2) is 9.84 Å². The summed E-state index contributed by atoms with van der Waals surface area (Å²) in [6, 6.07) is 8.47. The summed E-state index contributed by atoms with van der Waals surface area (Å²) in [5.41, 5.74) is -0.790. The van der Waals surface area contributed by atoms with Crippen molar-refractivity contribution in [2.24, 2.45) is 5.92 Å². The number of hydrogen-bond donors (Lipinski definition) is 1. The van der Waals surface area contributed by atoms with Crippen molar-refractivity contribution < 1.29 is 13.5 Å². The lowest BCUT2D eigenvalue weighted by molar-refractivity contribution is 0.00326. The second-order valence-corrected chi connectivity index (χ2v) is 7.34. The quantitative estimate of drug-likeness (QED) is 0.912. The Kier molecular flexibility index (Phi) is 3.78. The van der Waals surface area contributed by atoms with Crippen molar-refractivity contribution in [1.29, 1.82) is 0 Å². The van der Waals surface area contributed by atoms with E-state index in [9.17, 15) is 13.5 Å². The molecule has 1 N–H and O–H groups in total. The molecule has 0 unspecified atom stereocenters. The van der Waals surface area contributed by atoms with Crippen LogP contribution in [0, 0.1) is 5.92 Å². The van der Waals surface area contributed by atoms with E-state index in [1.165, 1.54) is 0 Å². The van der Waals surface area contributed by atoms with E-state index in [1.54, 1.807) is 30.3 Å². The molecule has 18 heavy (non-hydrogen) atoms. The SMILES string of the molecule is C[C@@H](CS(=O)(=O)c1ccccc1)C1(O)CCCC1. The first-order chi connectivity index (χ1) is 8.44. The van der Waals surface area contributed by atoms with E-state index < -0.39 is 15.4 Å². The van der Waals surface area contributed by atoms with Crippen molar-refractivity contribution in [3.8, 4) is 0 Å². The molecule has 0 bridgehead atoms. The molecule has 0 heterocycles. The maximum Gasteiger partial charge on any atom is 0.178 e. The Labute approximate surface area is 109 Å². The van der Waals surface area contributed by atoms with Gasteiger partial charge < -0.3 is 5.11 Å². The van der Waals surface area contributed by atoms with E-state index in [4.69, 9.17) is 0 Å². The summed E-state index contributed by atoms with van der Waals surface area (Å²) in [6.45, 7) is 1.84. The number of benzene rings is 1. The first kappa shape index (κ1) is 13.6. The molecule has 0 saturated heterocycles. The Bertz CT molecular complexity index is 487. The molecule has 0 radical (unpaired) electrons. The van der Waals surface area contributed by atoms with E-state index in [-0.39, 0.29) is 11.7 Å². The van der Waals surface area contributed by atoms with Gasteiger partial charge in [-0.2, -0.15) is 0 Å². The number of sulfone groups is 1. The predicted molar refractivity (Wildman–Crippen MR) is 71.1 cm³/mol. The van der Waals surface area contributed by atoms with Gasteiger partial charge in [0.2, 0.25) is 0 Å². The number of hydrogen-bond acceptors (Lipinski definition) is 3. The molecule has 0 spiro atoms. The van der Waals surface area contributed by atoms with Gasteiger partial charge >= 0.3 is 0 Å². The number of aliphatic hydroxyl groups is 1. The predicted octanol–water partition coefficient (Wildman–Crippen LogP) is 2.40. The van der Waals surface area contributed by atoms with Crippen molar-refractivity contribution in [2.45, 2.75) is 43.1 Å². The molecule has 1 aliphatic carbocycles. The third-order valence-corrected chi connectivity index (χ3v) is 5.89. The first-order valence-electron chi connectivity index (χ1n) is 6.44. The average molecular weight is 268 g/mol. The second kappa shape index (κ2) is 5.02. The molecular weight excluding hydrogens is 248 g/mol. The van der Waals surface area contributed by atoms with Crippen molar-refractivity contribution in [1.82, 2.24) is 0 Å². The summed E-state index contributed by atoms with van der Waals surface area (Å²) in [5, 5.41) is 10.4. The van der Waals surface area contributed by atoms with Crippen LogP contribution in [0.5, 0.6) is 0 Å². The summed E-state index contributed by atoms with van der Waals surface area (Å²) in [7, 11) is -3.30. The first-order valence-corrected chi connectivity index (χ1v) is 8.09. The minimum Gasteiger partial charge on any atom is -0.390 e. The minimum absolute atomic E-state index is 0.0213. The Morgan fingerprint density at radius 2 is 1.78 bits per heavy atom. The molecule has 100 valence electrons. The summed E-state index contributed by atoms with van der Waals surface area (Å²) >= 11 is 0. The van der Waals surface area contributed by atoms with Gasteiger partial charge in [-0.1, -0.05) is 38.0 Å². The third kappa shape index (κ3) is 2.75. The van der Waals surface area contributed by atoms with Gasteiger partial charge in [0.1, 0.15) is 0 Å². The standard InChI is InChI=1S/C14H20O3S/c1-12(14(15)9-5-6-10-14)11-18(16,17)13-7-3-2-4-8-13/h2-4,7-8,12,15H,5-6,9-11H2,1H3/t12-/m0/s1. The lowest BCUT2D eigenvalue weighted by Gasteiger charge is -2.29. The molecule has 1 saturated carbocycles. The number of rotatable bonds is 4.